The predicted octanol–water partition coefficient (Wildman–Crippen LogP) is 2.20. The third kappa shape index (κ3) is 5.39. The topological polar surface area (TPSA) is 95.5 Å². The smallest absolute Gasteiger partial charge is 0.331 e. The number of rotatable bonds is 4. The summed E-state index contributed by atoms with van der Waals surface area (Å²) in [6.07, 6.45) is 0. The van der Waals surface area contributed by atoms with E-state index in [1.165, 1.54) is 13.8 Å². The molecule has 0 radical (unpaired) electrons. The lowest BCUT2D eigenvalue weighted by molar-refractivity contribution is -0.133. The highest BCUT2D eigenvalue weighted by atomic mass is 79.9. The monoisotopic (exact) mass is 354 g/mol. The van der Waals surface area contributed by atoms with Crippen LogP contribution in [0.5, 0.6) is 0 Å². The van der Waals surface area contributed by atoms with Crippen LogP contribution in [0.15, 0.2) is 39.9 Å². The number of benzene rings is 1. The van der Waals surface area contributed by atoms with E-state index in [0.717, 1.165) is 10.0 Å². The van der Waals surface area contributed by atoms with Crippen molar-refractivity contribution in [1.82, 2.24) is 10.6 Å². The van der Waals surface area contributed by atoms with E-state index in [-0.39, 0.29) is 17.7 Å². The van der Waals surface area contributed by atoms with E-state index >= 15 is 0 Å². The van der Waals surface area contributed by atoms with E-state index in [2.05, 4.69) is 26.6 Å². The number of urea groups is 1. The van der Waals surface area contributed by atoms with Crippen molar-refractivity contribution >= 4 is 33.8 Å². The summed E-state index contributed by atoms with van der Waals surface area (Å²) in [5, 5.41) is 13.4. The number of carbonyl (C=O) groups is 3. The molecule has 0 saturated heterocycles. The Morgan fingerprint density at radius 1 is 1.10 bits per heavy atom. The molecule has 0 aliphatic heterocycles. The Kier molecular flexibility index (Phi) is 6.10. The molecule has 1 rings (SSSR count). The Morgan fingerprint density at radius 2 is 1.67 bits per heavy atom. The summed E-state index contributed by atoms with van der Waals surface area (Å²) in [7, 11) is 0. The van der Waals surface area contributed by atoms with Gasteiger partial charge in [0.15, 0.2) is 0 Å². The second kappa shape index (κ2) is 7.58. The Labute approximate surface area is 130 Å². The quantitative estimate of drug-likeness (QED) is 0.722. The Bertz CT molecular complexity index is 593. The van der Waals surface area contributed by atoms with Gasteiger partial charge in [0, 0.05) is 22.2 Å². The van der Waals surface area contributed by atoms with Gasteiger partial charge in [0.1, 0.15) is 0 Å². The van der Waals surface area contributed by atoms with Gasteiger partial charge >= 0.3 is 12.0 Å². The van der Waals surface area contributed by atoms with Gasteiger partial charge in [0.05, 0.1) is 0 Å². The summed E-state index contributed by atoms with van der Waals surface area (Å²) in [5.74, 6) is -1.93. The Balaban J connectivity index is 2.54. The SMILES string of the molecule is CC(C(=O)O)=C(C)C(=O)NC(=O)NCc1ccc(Br)cc1. The van der Waals surface area contributed by atoms with Crippen LogP contribution < -0.4 is 10.6 Å². The van der Waals surface area contributed by atoms with Crippen molar-refractivity contribution in [3.63, 3.8) is 0 Å². The summed E-state index contributed by atoms with van der Waals surface area (Å²) < 4.78 is 0.927. The highest BCUT2D eigenvalue weighted by molar-refractivity contribution is 9.10. The van der Waals surface area contributed by atoms with Gasteiger partial charge in [-0.1, -0.05) is 28.1 Å². The van der Waals surface area contributed by atoms with Gasteiger partial charge in [-0.2, -0.15) is 0 Å². The average Bonchev–Trinajstić information content (AvgIpc) is 2.44. The zero-order valence-electron chi connectivity index (χ0n) is 11.6. The molecule has 0 unspecified atom stereocenters. The molecule has 0 aliphatic carbocycles. The number of nitrogens with one attached hydrogen (secondary N) is 2. The molecule has 0 spiro atoms. The number of imide groups is 1. The van der Waals surface area contributed by atoms with Gasteiger partial charge in [0.2, 0.25) is 0 Å². The number of halogens is 1. The minimum absolute atomic E-state index is 0.0127. The minimum atomic E-state index is -1.20. The molecule has 0 bridgehead atoms. The molecule has 3 N–H and O–H groups in total. The molecular formula is C14H15BrN2O4. The molecule has 0 heterocycles. The standard InChI is InChI=1S/C14H15BrN2O4/c1-8(9(2)13(19)20)12(18)17-14(21)16-7-10-3-5-11(15)6-4-10/h3-6H,7H2,1-2H3,(H,19,20)(H2,16,17,18,21). The van der Waals surface area contributed by atoms with Gasteiger partial charge in [-0.25, -0.2) is 9.59 Å². The lowest BCUT2D eigenvalue weighted by atomic mass is 10.1. The number of carbonyl (C=O) groups excluding carboxylic acids is 2. The average molecular weight is 355 g/mol. The zero-order chi connectivity index (χ0) is 16.0. The summed E-state index contributed by atoms with van der Waals surface area (Å²) >= 11 is 3.30. The molecule has 0 fully saturated rings. The molecule has 1 aromatic rings. The lowest BCUT2D eigenvalue weighted by Crippen LogP contribution is -2.39. The van der Waals surface area contributed by atoms with Crippen LogP contribution in [-0.4, -0.2) is 23.0 Å². The number of amides is 3. The van der Waals surface area contributed by atoms with Crippen molar-refractivity contribution in [1.29, 1.82) is 0 Å². The van der Waals surface area contributed by atoms with Crippen molar-refractivity contribution in [3.05, 3.63) is 45.4 Å². The largest absolute Gasteiger partial charge is 0.478 e. The fourth-order valence-electron chi connectivity index (χ4n) is 1.36. The van der Waals surface area contributed by atoms with Crippen LogP contribution in [0.2, 0.25) is 0 Å². The zero-order valence-corrected chi connectivity index (χ0v) is 13.2. The van der Waals surface area contributed by atoms with Crippen LogP contribution in [-0.2, 0) is 16.1 Å². The summed E-state index contributed by atoms with van der Waals surface area (Å²) in [5.41, 5.74) is 0.754. The number of hydrogen-bond donors (Lipinski definition) is 3. The number of carboxylic acid groups (broad SMARTS) is 1. The first kappa shape index (κ1) is 16.9. The first-order chi connectivity index (χ1) is 9.81. The highest BCUT2D eigenvalue weighted by Gasteiger charge is 2.14. The summed E-state index contributed by atoms with van der Waals surface area (Å²) in [4.78, 5) is 34.0. The first-order valence-electron chi connectivity index (χ1n) is 6.05. The van der Waals surface area contributed by atoms with Crippen LogP contribution >= 0.6 is 15.9 Å². The van der Waals surface area contributed by atoms with Crippen LogP contribution in [0.1, 0.15) is 19.4 Å². The van der Waals surface area contributed by atoms with Crippen LogP contribution in [0.4, 0.5) is 4.79 Å². The highest BCUT2D eigenvalue weighted by Crippen LogP contribution is 2.10. The Morgan fingerprint density at radius 3 is 2.19 bits per heavy atom. The van der Waals surface area contributed by atoms with Crippen molar-refractivity contribution in [2.75, 3.05) is 0 Å². The number of carboxylic acids is 1. The van der Waals surface area contributed by atoms with E-state index in [1.54, 1.807) is 0 Å². The lowest BCUT2D eigenvalue weighted by Gasteiger charge is -2.08. The van der Waals surface area contributed by atoms with Crippen LogP contribution in [0.25, 0.3) is 0 Å². The summed E-state index contributed by atoms with van der Waals surface area (Å²) in [6, 6.07) is 6.64. The molecule has 6 nitrogen and oxygen atoms in total. The molecule has 0 saturated carbocycles. The molecule has 1 aromatic carbocycles. The molecule has 0 aromatic heterocycles. The van der Waals surface area contributed by atoms with Crippen LogP contribution in [0, 0.1) is 0 Å². The number of hydrogen-bond acceptors (Lipinski definition) is 3. The second-order valence-corrected chi connectivity index (χ2v) is 5.23. The molecule has 3 amide bonds. The normalized spacial score (nSPS) is 11.4. The number of aliphatic carboxylic acids is 1. The first-order valence-corrected chi connectivity index (χ1v) is 6.85. The van der Waals surface area contributed by atoms with Crippen molar-refractivity contribution in [2.45, 2.75) is 20.4 Å². The van der Waals surface area contributed by atoms with Gasteiger partial charge < -0.3 is 10.4 Å². The maximum atomic E-state index is 11.7. The minimum Gasteiger partial charge on any atom is -0.478 e. The van der Waals surface area contributed by atoms with Gasteiger partial charge in [-0.05, 0) is 31.5 Å². The van der Waals surface area contributed by atoms with E-state index in [0.29, 0.717) is 0 Å². The molecule has 112 valence electrons. The van der Waals surface area contributed by atoms with E-state index < -0.39 is 17.9 Å². The van der Waals surface area contributed by atoms with E-state index in [4.69, 9.17) is 5.11 Å². The van der Waals surface area contributed by atoms with Crippen molar-refractivity contribution in [2.24, 2.45) is 0 Å². The molecular weight excluding hydrogens is 340 g/mol. The van der Waals surface area contributed by atoms with Gasteiger partial charge in [-0.15, -0.1) is 0 Å². The molecule has 0 atom stereocenters. The second-order valence-electron chi connectivity index (χ2n) is 4.32. The van der Waals surface area contributed by atoms with Crippen molar-refractivity contribution < 1.29 is 19.5 Å². The third-order valence-electron chi connectivity index (χ3n) is 2.82. The maximum Gasteiger partial charge on any atom is 0.331 e. The van der Waals surface area contributed by atoms with Gasteiger partial charge in [0.25, 0.3) is 5.91 Å². The molecule has 0 aliphatic rings. The summed E-state index contributed by atoms with van der Waals surface area (Å²) in [6.45, 7) is 2.91. The van der Waals surface area contributed by atoms with E-state index in [9.17, 15) is 14.4 Å². The van der Waals surface area contributed by atoms with Crippen molar-refractivity contribution in [3.8, 4) is 0 Å². The molecule has 7 heteroatoms. The Hall–Kier alpha value is -2.15. The van der Waals surface area contributed by atoms with E-state index in [1.807, 2.05) is 24.3 Å². The molecule has 21 heavy (non-hydrogen) atoms. The van der Waals surface area contributed by atoms with Crippen LogP contribution in [0.3, 0.4) is 0 Å². The fraction of sp³-hybridized carbons (Fsp3) is 0.214. The predicted molar refractivity (Wildman–Crippen MR) is 80.5 cm³/mol. The third-order valence-corrected chi connectivity index (χ3v) is 3.35. The van der Waals surface area contributed by atoms with Gasteiger partial charge in [-0.3, -0.25) is 10.1 Å². The fourth-order valence-corrected chi connectivity index (χ4v) is 1.62. The maximum absolute atomic E-state index is 11.7.